The average molecular weight is 380 g/mol. The van der Waals surface area contributed by atoms with E-state index in [2.05, 4.69) is 52.1 Å². The number of halogens is 1. The van der Waals surface area contributed by atoms with Crippen LogP contribution < -0.4 is 10.6 Å². The normalized spacial score (nSPS) is 10.9. The summed E-state index contributed by atoms with van der Waals surface area (Å²) in [4.78, 5) is 17.5. The lowest BCUT2D eigenvalue weighted by Crippen LogP contribution is -2.31. The van der Waals surface area contributed by atoms with Crippen molar-refractivity contribution in [1.29, 1.82) is 0 Å². The van der Waals surface area contributed by atoms with Crippen molar-refractivity contribution in [3.05, 3.63) is 28.6 Å². The lowest BCUT2D eigenvalue weighted by molar-refractivity contribution is 0.252. The Kier molecular flexibility index (Phi) is 4.46. The third kappa shape index (κ3) is 3.80. The number of pyridine rings is 1. The number of fused-ring (bicyclic) bond motifs is 1. The molecule has 0 aromatic carbocycles. The number of nitrogens with one attached hydrogen (secondary N) is 2. The Balaban J connectivity index is 1.51. The second-order valence-corrected chi connectivity index (χ2v) is 5.52. The van der Waals surface area contributed by atoms with E-state index in [0.29, 0.717) is 31.0 Å². The van der Waals surface area contributed by atoms with E-state index in [1.54, 1.807) is 16.8 Å². The molecule has 3 aromatic rings. The summed E-state index contributed by atoms with van der Waals surface area (Å²) in [6.45, 7) is 2.98. The number of anilines is 1. The van der Waals surface area contributed by atoms with E-state index in [-0.39, 0.29) is 12.0 Å². The average Bonchev–Trinajstić information content (AvgIpc) is 3.12. The standard InChI is InChI=1S/C12H14BrN9O/c1-2-22-18-9(17-20-22)3-5-14-12(23)16-11-15-10-7-8(13)4-6-21(10)19-11/h4,6-7H,2-3,5H2,1H3,(H2,14,16,19,23). The van der Waals surface area contributed by atoms with Crippen molar-refractivity contribution in [2.45, 2.75) is 19.9 Å². The fraction of sp³-hybridized carbons (Fsp3) is 0.333. The summed E-state index contributed by atoms with van der Waals surface area (Å²) in [5.74, 6) is 0.818. The van der Waals surface area contributed by atoms with Crippen molar-refractivity contribution in [1.82, 2.24) is 40.1 Å². The van der Waals surface area contributed by atoms with Gasteiger partial charge in [0.15, 0.2) is 11.5 Å². The van der Waals surface area contributed by atoms with Gasteiger partial charge in [-0.2, -0.15) is 9.78 Å². The van der Waals surface area contributed by atoms with E-state index >= 15 is 0 Å². The predicted molar refractivity (Wildman–Crippen MR) is 84.9 cm³/mol. The molecule has 2 amide bonds. The largest absolute Gasteiger partial charge is 0.337 e. The number of tetrazole rings is 1. The third-order valence-electron chi connectivity index (χ3n) is 2.94. The van der Waals surface area contributed by atoms with Gasteiger partial charge in [-0.25, -0.2) is 9.31 Å². The molecule has 0 aliphatic heterocycles. The second-order valence-electron chi connectivity index (χ2n) is 4.61. The molecule has 0 atom stereocenters. The molecule has 3 heterocycles. The maximum Gasteiger partial charge on any atom is 0.321 e. The van der Waals surface area contributed by atoms with Gasteiger partial charge in [-0.1, -0.05) is 15.9 Å². The molecule has 0 saturated carbocycles. The topological polar surface area (TPSA) is 115 Å². The monoisotopic (exact) mass is 379 g/mol. The first-order valence-corrected chi connectivity index (χ1v) is 7.77. The van der Waals surface area contributed by atoms with Gasteiger partial charge in [0.2, 0.25) is 0 Å². The lowest BCUT2D eigenvalue weighted by Gasteiger charge is -2.02. The molecule has 0 fully saturated rings. The van der Waals surface area contributed by atoms with Crippen LogP contribution in [-0.4, -0.2) is 47.4 Å². The minimum Gasteiger partial charge on any atom is -0.337 e. The highest BCUT2D eigenvalue weighted by Crippen LogP contribution is 2.12. The highest BCUT2D eigenvalue weighted by molar-refractivity contribution is 9.10. The van der Waals surface area contributed by atoms with Crippen molar-refractivity contribution in [2.24, 2.45) is 0 Å². The maximum atomic E-state index is 11.8. The second kappa shape index (κ2) is 6.69. The number of aromatic nitrogens is 7. The molecule has 0 aliphatic carbocycles. The SMILES string of the molecule is CCn1nnc(CCNC(=O)Nc2nc3cc(Br)ccn3n2)n1. The van der Waals surface area contributed by atoms with Crippen LogP contribution in [0, 0.1) is 0 Å². The molecular weight excluding hydrogens is 366 g/mol. The number of carbonyl (C=O) groups excluding carboxylic acids is 1. The molecule has 2 N–H and O–H groups in total. The smallest absolute Gasteiger partial charge is 0.321 e. The van der Waals surface area contributed by atoms with E-state index in [1.807, 2.05) is 13.0 Å². The Hall–Kier alpha value is -2.56. The van der Waals surface area contributed by atoms with Gasteiger partial charge in [0.05, 0.1) is 6.54 Å². The molecule has 0 bridgehead atoms. The van der Waals surface area contributed by atoms with Gasteiger partial charge in [-0.3, -0.25) is 5.32 Å². The van der Waals surface area contributed by atoms with Crippen molar-refractivity contribution in [2.75, 3.05) is 11.9 Å². The number of hydrogen-bond acceptors (Lipinski definition) is 6. The van der Waals surface area contributed by atoms with Crippen molar-refractivity contribution >= 4 is 33.6 Å². The van der Waals surface area contributed by atoms with Crippen LogP contribution in [0.2, 0.25) is 0 Å². The van der Waals surface area contributed by atoms with Gasteiger partial charge < -0.3 is 5.32 Å². The van der Waals surface area contributed by atoms with Crippen LogP contribution in [0.25, 0.3) is 5.65 Å². The minimum atomic E-state index is -0.386. The molecule has 3 aromatic heterocycles. The Morgan fingerprint density at radius 1 is 1.39 bits per heavy atom. The van der Waals surface area contributed by atoms with Crippen LogP contribution in [0.3, 0.4) is 0 Å². The molecule has 0 radical (unpaired) electrons. The quantitative estimate of drug-likeness (QED) is 0.679. The molecule has 0 saturated heterocycles. The van der Waals surface area contributed by atoms with Crippen molar-refractivity contribution in [3.63, 3.8) is 0 Å². The summed E-state index contributed by atoms with van der Waals surface area (Å²) in [7, 11) is 0. The summed E-state index contributed by atoms with van der Waals surface area (Å²) in [5.41, 5.74) is 0.634. The third-order valence-corrected chi connectivity index (χ3v) is 3.43. The number of carbonyl (C=O) groups is 1. The Labute approximate surface area is 139 Å². The van der Waals surface area contributed by atoms with Crippen molar-refractivity contribution in [3.8, 4) is 0 Å². The Morgan fingerprint density at radius 2 is 2.26 bits per heavy atom. The number of nitrogens with zero attached hydrogens (tertiary/aromatic N) is 7. The van der Waals surface area contributed by atoms with Crippen molar-refractivity contribution < 1.29 is 4.79 Å². The zero-order chi connectivity index (χ0) is 16.2. The van der Waals surface area contributed by atoms with Gasteiger partial charge in [0.1, 0.15) is 0 Å². The fourth-order valence-corrected chi connectivity index (χ4v) is 2.18. The van der Waals surface area contributed by atoms with Gasteiger partial charge in [0.25, 0.3) is 5.95 Å². The van der Waals surface area contributed by atoms with Gasteiger partial charge >= 0.3 is 6.03 Å². The van der Waals surface area contributed by atoms with E-state index in [0.717, 1.165) is 4.47 Å². The minimum absolute atomic E-state index is 0.232. The van der Waals surface area contributed by atoms with Gasteiger partial charge in [0, 0.05) is 23.6 Å². The van der Waals surface area contributed by atoms with Crippen LogP contribution in [0.5, 0.6) is 0 Å². The molecule has 3 rings (SSSR count). The first-order chi connectivity index (χ1) is 11.1. The lowest BCUT2D eigenvalue weighted by atomic mass is 10.4. The molecule has 0 aliphatic rings. The Morgan fingerprint density at radius 3 is 3.04 bits per heavy atom. The van der Waals surface area contributed by atoms with Crippen LogP contribution in [0.1, 0.15) is 12.7 Å². The summed E-state index contributed by atoms with van der Waals surface area (Å²) in [6.07, 6.45) is 2.25. The van der Waals surface area contributed by atoms with Crippen LogP contribution in [0.15, 0.2) is 22.8 Å². The van der Waals surface area contributed by atoms with Crippen LogP contribution in [0.4, 0.5) is 10.7 Å². The van der Waals surface area contributed by atoms with E-state index in [1.165, 1.54) is 4.80 Å². The Bertz CT molecular complexity index is 827. The number of urea groups is 1. The molecule has 120 valence electrons. The van der Waals surface area contributed by atoms with Gasteiger partial charge in [-0.05, 0) is 24.3 Å². The van der Waals surface area contributed by atoms with Crippen LogP contribution >= 0.6 is 15.9 Å². The fourth-order valence-electron chi connectivity index (χ4n) is 1.85. The first-order valence-electron chi connectivity index (χ1n) is 6.97. The number of aryl methyl sites for hydroxylation is 1. The highest BCUT2D eigenvalue weighted by atomic mass is 79.9. The summed E-state index contributed by atoms with van der Waals surface area (Å²) < 4.78 is 2.47. The molecular formula is C12H14BrN9O. The molecule has 10 nitrogen and oxygen atoms in total. The van der Waals surface area contributed by atoms with E-state index < -0.39 is 0 Å². The molecule has 0 spiro atoms. The number of rotatable bonds is 5. The first kappa shape index (κ1) is 15.3. The zero-order valence-electron chi connectivity index (χ0n) is 12.3. The summed E-state index contributed by atoms with van der Waals surface area (Å²) in [5, 5.41) is 21.3. The maximum absolute atomic E-state index is 11.8. The number of hydrogen-bond donors (Lipinski definition) is 2. The summed E-state index contributed by atoms with van der Waals surface area (Å²) in [6, 6.07) is 3.25. The van der Waals surface area contributed by atoms with E-state index in [9.17, 15) is 4.79 Å². The number of amides is 2. The van der Waals surface area contributed by atoms with Gasteiger partial charge in [-0.15, -0.1) is 15.3 Å². The highest BCUT2D eigenvalue weighted by Gasteiger charge is 2.08. The predicted octanol–water partition coefficient (Wildman–Crippen LogP) is 0.862. The zero-order valence-corrected chi connectivity index (χ0v) is 13.9. The molecule has 11 heteroatoms. The molecule has 23 heavy (non-hydrogen) atoms. The molecule has 0 unspecified atom stereocenters. The summed E-state index contributed by atoms with van der Waals surface area (Å²) >= 11 is 3.36. The van der Waals surface area contributed by atoms with E-state index in [4.69, 9.17) is 0 Å². The van der Waals surface area contributed by atoms with Crippen LogP contribution in [-0.2, 0) is 13.0 Å².